The fourth-order valence-corrected chi connectivity index (χ4v) is 1.89. The van der Waals surface area contributed by atoms with Crippen LogP contribution < -0.4 is 0 Å². The highest BCUT2D eigenvalue weighted by atomic mass is 35.5. The monoisotopic (exact) mass is 208 g/mol. The predicted octanol–water partition coefficient (Wildman–Crippen LogP) is 4.71. The Morgan fingerprint density at radius 2 is 2.00 bits per heavy atom. The maximum atomic E-state index is 5.91. The molecule has 1 aromatic rings. The summed E-state index contributed by atoms with van der Waals surface area (Å²) >= 11 is 5.91. The zero-order valence-electron chi connectivity index (χ0n) is 9.26. The topological polar surface area (TPSA) is 0 Å². The van der Waals surface area contributed by atoms with Gasteiger partial charge in [0.05, 0.1) is 0 Å². The molecule has 0 aliphatic rings. The molecule has 0 saturated carbocycles. The molecular weight excluding hydrogens is 192 g/mol. The van der Waals surface area contributed by atoms with Crippen molar-refractivity contribution in [3.8, 4) is 0 Å². The Bertz CT molecular complexity index is 348. The first-order valence-corrected chi connectivity index (χ1v) is 5.33. The third-order valence-electron chi connectivity index (χ3n) is 2.20. The van der Waals surface area contributed by atoms with Crippen LogP contribution >= 0.6 is 11.6 Å². The second-order valence-corrected chi connectivity index (χ2v) is 4.49. The van der Waals surface area contributed by atoms with Crippen LogP contribution in [0.3, 0.4) is 0 Å². The van der Waals surface area contributed by atoms with E-state index in [0.717, 1.165) is 5.02 Å². The molecule has 0 atom stereocenters. The third-order valence-corrected chi connectivity index (χ3v) is 2.43. The van der Waals surface area contributed by atoms with E-state index in [2.05, 4.69) is 39.8 Å². The molecule has 0 aliphatic carbocycles. The minimum absolute atomic E-state index is 0.588. The van der Waals surface area contributed by atoms with Gasteiger partial charge in [0, 0.05) is 5.02 Å². The average molecular weight is 209 g/mol. The van der Waals surface area contributed by atoms with E-state index in [1.807, 2.05) is 12.1 Å². The summed E-state index contributed by atoms with van der Waals surface area (Å²) < 4.78 is 0. The van der Waals surface area contributed by atoms with Gasteiger partial charge in [-0.2, -0.15) is 0 Å². The predicted molar refractivity (Wildman–Crippen MR) is 64.7 cm³/mol. The summed E-state index contributed by atoms with van der Waals surface area (Å²) in [5, 5.41) is 0.809. The molecule has 0 N–H and O–H groups in total. The second-order valence-electron chi connectivity index (χ2n) is 4.05. The van der Waals surface area contributed by atoms with Crippen molar-refractivity contribution >= 4 is 17.2 Å². The molecule has 0 unspecified atom stereocenters. The molecule has 76 valence electrons. The number of hydrogen-bond donors (Lipinski definition) is 0. The summed E-state index contributed by atoms with van der Waals surface area (Å²) in [6.07, 6.45) is 2.27. The van der Waals surface area contributed by atoms with E-state index >= 15 is 0 Å². The van der Waals surface area contributed by atoms with Crippen LogP contribution in [0, 0.1) is 12.8 Å². The summed E-state index contributed by atoms with van der Waals surface area (Å²) in [5.74, 6) is 0.588. The lowest BCUT2D eigenvalue weighted by Crippen LogP contribution is -1.88. The number of halogens is 1. The number of allylic oxidation sites excluding steroid dienone is 2. The van der Waals surface area contributed by atoms with Gasteiger partial charge in [0.25, 0.3) is 0 Å². The van der Waals surface area contributed by atoms with Crippen LogP contribution in [0.5, 0.6) is 0 Å². The number of aryl methyl sites for hydroxylation is 1. The molecule has 0 aliphatic heterocycles. The first-order valence-electron chi connectivity index (χ1n) is 4.95. The highest BCUT2D eigenvalue weighted by Crippen LogP contribution is 2.22. The smallest absolute Gasteiger partial charge is 0.0409 e. The van der Waals surface area contributed by atoms with Crippen molar-refractivity contribution in [2.75, 3.05) is 0 Å². The highest BCUT2D eigenvalue weighted by molar-refractivity contribution is 6.30. The molecule has 0 heterocycles. The van der Waals surface area contributed by atoms with Crippen LogP contribution in [0.2, 0.25) is 5.02 Å². The van der Waals surface area contributed by atoms with Crippen LogP contribution in [-0.2, 0) is 0 Å². The second kappa shape index (κ2) is 4.65. The standard InChI is InChI=1S/C13H17Cl/c1-9(2)7-10(3)13-6-5-12(14)8-11(13)4/h5-9H,1-4H3/b10-7+. The van der Waals surface area contributed by atoms with Gasteiger partial charge in [-0.05, 0) is 48.6 Å². The van der Waals surface area contributed by atoms with Crippen LogP contribution in [0.1, 0.15) is 31.9 Å². The largest absolute Gasteiger partial charge is 0.0843 e. The first-order chi connectivity index (χ1) is 6.50. The van der Waals surface area contributed by atoms with Crippen molar-refractivity contribution in [2.24, 2.45) is 5.92 Å². The summed E-state index contributed by atoms with van der Waals surface area (Å²) in [5.41, 5.74) is 3.86. The Morgan fingerprint density at radius 1 is 1.36 bits per heavy atom. The van der Waals surface area contributed by atoms with Gasteiger partial charge in [0.2, 0.25) is 0 Å². The number of benzene rings is 1. The highest BCUT2D eigenvalue weighted by Gasteiger charge is 2.01. The molecule has 0 nitrogen and oxygen atoms in total. The van der Waals surface area contributed by atoms with Gasteiger partial charge in [0.1, 0.15) is 0 Å². The van der Waals surface area contributed by atoms with Crippen molar-refractivity contribution in [2.45, 2.75) is 27.7 Å². The van der Waals surface area contributed by atoms with E-state index in [0.29, 0.717) is 5.92 Å². The first kappa shape index (κ1) is 11.3. The Hall–Kier alpha value is -0.750. The van der Waals surface area contributed by atoms with Gasteiger partial charge in [-0.1, -0.05) is 37.6 Å². The molecule has 1 heteroatoms. The maximum Gasteiger partial charge on any atom is 0.0409 e. The quantitative estimate of drug-likeness (QED) is 0.661. The summed E-state index contributed by atoms with van der Waals surface area (Å²) in [6, 6.07) is 6.04. The summed E-state index contributed by atoms with van der Waals surface area (Å²) in [6.45, 7) is 8.62. The van der Waals surface area contributed by atoms with Crippen LogP contribution in [-0.4, -0.2) is 0 Å². The van der Waals surface area contributed by atoms with Crippen LogP contribution in [0.15, 0.2) is 24.3 Å². The lowest BCUT2D eigenvalue weighted by atomic mass is 9.99. The minimum Gasteiger partial charge on any atom is -0.0843 e. The van der Waals surface area contributed by atoms with Crippen molar-refractivity contribution in [1.82, 2.24) is 0 Å². The minimum atomic E-state index is 0.588. The van der Waals surface area contributed by atoms with E-state index in [1.165, 1.54) is 16.7 Å². The van der Waals surface area contributed by atoms with Gasteiger partial charge in [-0.25, -0.2) is 0 Å². The molecule has 0 saturated heterocycles. The molecule has 0 aromatic heterocycles. The molecule has 14 heavy (non-hydrogen) atoms. The normalized spacial score (nSPS) is 12.3. The number of hydrogen-bond acceptors (Lipinski definition) is 0. The van der Waals surface area contributed by atoms with Crippen molar-refractivity contribution < 1.29 is 0 Å². The van der Waals surface area contributed by atoms with E-state index in [9.17, 15) is 0 Å². The fraction of sp³-hybridized carbons (Fsp3) is 0.385. The van der Waals surface area contributed by atoms with E-state index in [4.69, 9.17) is 11.6 Å². The Labute approximate surface area is 91.6 Å². The maximum absolute atomic E-state index is 5.91. The molecule has 0 radical (unpaired) electrons. The van der Waals surface area contributed by atoms with Crippen molar-refractivity contribution in [1.29, 1.82) is 0 Å². The van der Waals surface area contributed by atoms with E-state index in [-0.39, 0.29) is 0 Å². The van der Waals surface area contributed by atoms with Crippen LogP contribution in [0.25, 0.3) is 5.57 Å². The molecule has 1 aromatic carbocycles. The van der Waals surface area contributed by atoms with Crippen molar-refractivity contribution in [3.63, 3.8) is 0 Å². The summed E-state index contributed by atoms with van der Waals surface area (Å²) in [4.78, 5) is 0. The molecule has 0 fully saturated rings. The van der Waals surface area contributed by atoms with E-state index < -0.39 is 0 Å². The third kappa shape index (κ3) is 2.88. The van der Waals surface area contributed by atoms with Gasteiger partial charge >= 0.3 is 0 Å². The molecule has 1 rings (SSSR count). The van der Waals surface area contributed by atoms with Crippen molar-refractivity contribution in [3.05, 3.63) is 40.4 Å². The molecule has 0 bridgehead atoms. The molecular formula is C13H17Cl. The Balaban J connectivity index is 3.07. The van der Waals surface area contributed by atoms with Crippen LogP contribution in [0.4, 0.5) is 0 Å². The zero-order chi connectivity index (χ0) is 10.7. The SMILES string of the molecule is C/C(=C\C(C)C)c1ccc(Cl)cc1C. The average Bonchev–Trinajstić information content (AvgIpc) is 2.01. The van der Waals surface area contributed by atoms with Gasteiger partial charge in [-0.3, -0.25) is 0 Å². The zero-order valence-corrected chi connectivity index (χ0v) is 10.0. The molecule has 0 spiro atoms. The molecule has 0 amide bonds. The van der Waals surface area contributed by atoms with Gasteiger partial charge in [0.15, 0.2) is 0 Å². The Kier molecular flexibility index (Phi) is 3.77. The number of rotatable bonds is 2. The lowest BCUT2D eigenvalue weighted by molar-refractivity contribution is 0.833. The van der Waals surface area contributed by atoms with E-state index in [1.54, 1.807) is 0 Å². The van der Waals surface area contributed by atoms with Gasteiger partial charge < -0.3 is 0 Å². The summed E-state index contributed by atoms with van der Waals surface area (Å²) in [7, 11) is 0. The lowest BCUT2D eigenvalue weighted by Gasteiger charge is -2.08. The fourth-order valence-electron chi connectivity index (χ4n) is 1.66. The van der Waals surface area contributed by atoms with Gasteiger partial charge in [-0.15, -0.1) is 0 Å². The Morgan fingerprint density at radius 3 is 2.50 bits per heavy atom.